The molecule has 1 unspecified atom stereocenters. The lowest BCUT2D eigenvalue weighted by Crippen LogP contribution is -2.27. The first-order chi connectivity index (χ1) is 10.2. The average Bonchev–Trinajstić information content (AvgIpc) is 2.47. The number of hydrogen-bond acceptors (Lipinski definition) is 1. The smallest absolute Gasteiger partial charge is 0.00891 e. The summed E-state index contributed by atoms with van der Waals surface area (Å²) in [6, 6.07) is 0.826. The van der Waals surface area contributed by atoms with Gasteiger partial charge in [0, 0.05) is 6.04 Å². The molecule has 0 saturated heterocycles. The van der Waals surface area contributed by atoms with Crippen LogP contribution in [0.2, 0.25) is 0 Å². The Bertz CT molecular complexity index is 194. The summed E-state index contributed by atoms with van der Waals surface area (Å²) in [6.07, 6.45) is 21.4. The molecule has 0 radical (unpaired) electrons. The van der Waals surface area contributed by atoms with Gasteiger partial charge in [-0.25, -0.2) is 0 Å². The van der Waals surface area contributed by atoms with E-state index in [0.717, 1.165) is 6.04 Å². The molecule has 2 heteroatoms. The van der Waals surface area contributed by atoms with E-state index < -0.39 is 0 Å². The van der Waals surface area contributed by atoms with Gasteiger partial charge >= 0.3 is 0 Å². The molecule has 2 N–H and O–H groups in total. The molecule has 0 fully saturated rings. The quantitative estimate of drug-likeness (QED) is 0.322. The lowest BCUT2D eigenvalue weighted by molar-refractivity contribution is 0.251. The third-order valence-electron chi connectivity index (χ3n) is 4.76. The number of unbranched alkanes of at least 4 members (excludes halogenated alkanes) is 11. The molecule has 0 aliphatic heterocycles. The largest absolute Gasteiger partial charge is 0.412 e. The fourth-order valence-corrected chi connectivity index (χ4v) is 3.16. The highest BCUT2D eigenvalue weighted by molar-refractivity contribution is 4.66. The van der Waals surface area contributed by atoms with Gasteiger partial charge in [0.05, 0.1) is 0 Å². The summed E-state index contributed by atoms with van der Waals surface area (Å²) >= 11 is 0. The molecule has 2 nitrogen and oxygen atoms in total. The maximum atomic E-state index is 2.46. The Morgan fingerprint density at radius 3 is 1.18 bits per heavy atom. The van der Waals surface area contributed by atoms with Crippen molar-refractivity contribution >= 4 is 0 Å². The van der Waals surface area contributed by atoms with Crippen molar-refractivity contribution in [3.8, 4) is 0 Å². The first-order valence-corrected chi connectivity index (χ1v) is 9.88. The molecular weight excluding hydrogens is 270 g/mol. The van der Waals surface area contributed by atoms with E-state index in [1.54, 1.807) is 0 Å². The molecule has 0 aromatic heterocycles. The van der Waals surface area contributed by atoms with Gasteiger partial charge in [-0.2, -0.15) is 0 Å². The van der Waals surface area contributed by atoms with Crippen LogP contribution in [0.25, 0.3) is 0 Å². The molecule has 136 valence electrons. The van der Waals surface area contributed by atoms with Crippen LogP contribution in [-0.4, -0.2) is 30.5 Å². The van der Waals surface area contributed by atoms with Crippen LogP contribution in [0.15, 0.2) is 0 Å². The molecule has 0 aliphatic carbocycles. The first kappa shape index (κ1) is 24.2. The van der Waals surface area contributed by atoms with Crippen LogP contribution < -0.4 is 0 Å². The molecule has 0 aromatic rings. The number of rotatable bonds is 16. The minimum atomic E-state index is 0. The molecule has 0 bridgehead atoms. The summed E-state index contributed by atoms with van der Waals surface area (Å²) in [4.78, 5) is 2.46. The second-order valence-corrected chi connectivity index (χ2v) is 7.08. The molecular formula is C20H45NO. The summed E-state index contributed by atoms with van der Waals surface area (Å²) in [7, 11) is 4.53. The van der Waals surface area contributed by atoms with E-state index in [4.69, 9.17) is 0 Å². The summed E-state index contributed by atoms with van der Waals surface area (Å²) in [5.74, 6) is 0. The standard InChI is InChI=1S/C20H43N.H2O/c1-5-7-9-11-13-15-17-19-20(21(3)4)18-16-14-12-10-8-6-2;/h20H,5-19H2,1-4H3;1H2. The van der Waals surface area contributed by atoms with Crippen molar-refractivity contribution in [1.82, 2.24) is 4.90 Å². The second-order valence-electron chi connectivity index (χ2n) is 7.08. The van der Waals surface area contributed by atoms with Crippen LogP contribution in [0, 0.1) is 0 Å². The maximum absolute atomic E-state index is 2.46. The minimum absolute atomic E-state index is 0. The van der Waals surface area contributed by atoms with Gasteiger partial charge in [0.2, 0.25) is 0 Å². The van der Waals surface area contributed by atoms with Crippen molar-refractivity contribution in [2.45, 2.75) is 116 Å². The van der Waals surface area contributed by atoms with E-state index in [9.17, 15) is 0 Å². The maximum Gasteiger partial charge on any atom is 0.00891 e. The topological polar surface area (TPSA) is 34.7 Å². The SMILES string of the molecule is CCCCCCCCCC(CCCCCCCC)N(C)C.O. The Morgan fingerprint density at radius 1 is 0.545 bits per heavy atom. The molecule has 0 amide bonds. The van der Waals surface area contributed by atoms with Crippen LogP contribution in [0.1, 0.15) is 110 Å². The van der Waals surface area contributed by atoms with Crippen molar-refractivity contribution in [1.29, 1.82) is 0 Å². The van der Waals surface area contributed by atoms with Crippen LogP contribution in [0.3, 0.4) is 0 Å². The van der Waals surface area contributed by atoms with E-state index in [2.05, 4.69) is 32.8 Å². The Balaban J connectivity index is 0. The highest BCUT2D eigenvalue weighted by atomic mass is 16.0. The molecule has 22 heavy (non-hydrogen) atoms. The molecule has 0 rings (SSSR count). The highest BCUT2D eigenvalue weighted by Crippen LogP contribution is 2.17. The Hall–Kier alpha value is -0.0800. The van der Waals surface area contributed by atoms with Crippen molar-refractivity contribution in [2.24, 2.45) is 0 Å². The van der Waals surface area contributed by atoms with E-state index in [1.807, 2.05) is 0 Å². The number of hydrogen-bond donors (Lipinski definition) is 0. The van der Waals surface area contributed by atoms with E-state index >= 15 is 0 Å². The van der Waals surface area contributed by atoms with Gasteiger partial charge in [-0.05, 0) is 26.9 Å². The third kappa shape index (κ3) is 16.3. The molecule has 1 atom stereocenters. The zero-order chi connectivity index (χ0) is 15.8. The van der Waals surface area contributed by atoms with Crippen LogP contribution in [0.5, 0.6) is 0 Å². The van der Waals surface area contributed by atoms with Gasteiger partial charge < -0.3 is 10.4 Å². The predicted molar refractivity (Wildman–Crippen MR) is 102 cm³/mol. The molecule has 0 aromatic carbocycles. The summed E-state index contributed by atoms with van der Waals surface area (Å²) in [5.41, 5.74) is 0. The van der Waals surface area contributed by atoms with Crippen molar-refractivity contribution in [3.63, 3.8) is 0 Å². The van der Waals surface area contributed by atoms with Gasteiger partial charge in [-0.15, -0.1) is 0 Å². The summed E-state index contributed by atoms with van der Waals surface area (Å²) < 4.78 is 0. The minimum Gasteiger partial charge on any atom is -0.412 e. The van der Waals surface area contributed by atoms with E-state index in [-0.39, 0.29) is 5.48 Å². The lowest BCUT2D eigenvalue weighted by atomic mass is 9.99. The van der Waals surface area contributed by atoms with Crippen molar-refractivity contribution in [2.75, 3.05) is 14.1 Å². The van der Waals surface area contributed by atoms with Crippen LogP contribution in [0.4, 0.5) is 0 Å². The Kier molecular flexibility index (Phi) is 20.8. The third-order valence-corrected chi connectivity index (χ3v) is 4.76. The predicted octanol–water partition coefficient (Wildman–Crippen LogP) is 5.98. The van der Waals surface area contributed by atoms with Gasteiger partial charge in [0.1, 0.15) is 0 Å². The first-order valence-electron chi connectivity index (χ1n) is 9.88. The summed E-state index contributed by atoms with van der Waals surface area (Å²) in [6.45, 7) is 4.59. The van der Waals surface area contributed by atoms with Crippen LogP contribution in [-0.2, 0) is 0 Å². The van der Waals surface area contributed by atoms with E-state index in [1.165, 1.54) is 96.3 Å². The van der Waals surface area contributed by atoms with Crippen molar-refractivity contribution in [3.05, 3.63) is 0 Å². The Morgan fingerprint density at radius 2 is 0.864 bits per heavy atom. The highest BCUT2D eigenvalue weighted by Gasteiger charge is 2.10. The van der Waals surface area contributed by atoms with Gasteiger partial charge in [-0.1, -0.05) is 97.3 Å². The molecule has 0 heterocycles. The molecule has 0 spiro atoms. The fraction of sp³-hybridized carbons (Fsp3) is 1.00. The van der Waals surface area contributed by atoms with Gasteiger partial charge in [0.25, 0.3) is 0 Å². The van der Waals surface area contributed by atoms with Crippen LogP contribution >= 0.6 is 0 Å². The lowest BCUT2D eigenvalue weighted by Gasteiger charge is -2.24. The van der Waals surface area contributed by atoms with Gasteiger partial charge in [0.15, 0.2) is 0 Å². The summed E-state index contributed by atoms with van der Waals surface area (Å²) in [5, 5.41) is 0. The monoisotopic (exact) mass is 315 g/mol. The molecule has 0 aliphatic rings. The fourth-order valence-electron chi connectivity index (χ4n) is 3.16. The normalized spacial score (nSPS) is 12.4. The zero-order valence-corrected chi connectivity index (χ0v) is 16.1. The second kappa shape index (κ2) is 19.0. The van der Waals surface area contributed by atoms with E-state index in [0.29, 0.717) is 0 Å². The average molecular weight is 316 g/mol. The van der Waals surface area contributed by atoms with Gasteiger partial charge in [-0.3, -0.25) is 0 Å². The van der Waals surface area contributed by atoms with Crippen molar-refractivity contribution < 1.29 is 5.48 Å². The Labute approximate surface area is 141 Å². The number of nitrogens with zero attached hydrogens (tertiary/aromatic N) is 1. The zero-order valence-electron chi connectivity index (χ0n) is 16.1. The molecule has 0 saturated carbocycles.